The van der Waals surface area contributed by atoms with Crippen LogP contribution < -0.4 is 0 Å². The van der Waals surface area contributed by atoms with Gasteiger partial charge in [0.1, 0.15) is 33.5 Å². The molecule has 13 aromatic carbocycles. The molecule has 0 amide bonds. The molecular weight excluding hydrogens is 1090 g/mol. The summed E-state index contributed by atoms with van der Waals surface area (Å²) in [6.07, 6.45) is 0. The van der Waals surface area contributed by atoms with Crippen molar-refractivity contribution in [1.29, 1.82) is 0 Å². The van der Waals surface area contributed by atoms with Crippen LogP contribution in [0, 0.1) is 0 Å². The molecule has 0 atom stereocenters. The van der Waals surface area contributed by atoms with Gasteiger partial charge in [-0.25, -0.2) is 15.0 Å². The maximum absolute atomic E-state index is 6.82. The number of furan rings is 3. The Morgan fingerprint density at radius 2 is 0.685 bits per heavy atom. The van der Waals surface area contributed by atoms with E-state index in [0.717, 1.165) is 149 Å². The predicted octanol–water partition coefficient (Wildman–Crippen LogP) is 21.8. The van der Waals surface area contributed by atoms with Gasteiger partial charge in [-0.1, -0.05) is 176 Å². The zero-order chi connectivity index (χ0) is 58.3. The van der Waals surface area contributed by atoms with E-state index in [4.69, 9.17) is 28.2 Å². The molecule has 6 heterocycles. The van der Waals surface area contributed by atoms with Gasteiger partial charge in [-0.3, -0.25) is 0 Å². The quantitative estimate of drug-likeness (QED) is 0.151. The molecule has 0 aliphatic heterocycles. The summed E-state index contributed by atoms with van der Waals surface area (Å²) in [5.41, 5.74) is 20.2. The molecular formula is C81H47N5O3. The minimum atomic E-state index is 0.522. The van der Waals surface area contributed by atoms with Crippen molar-refractivity contribution in [1.82, 2.24) is 24.1 Å². The first-order valence-electron chi connectivity index (χ1n) is 30.0. The van der Waals surface area contributed by atoms with Gasteiger partial charge in [-0.2, -0.15) is 0 Å². The molecule has 19 aromatic rings. The third-order valence-electron chi connectivity index (χ3n) is 18.0. The molecule has 6 aromatic heterocycles. The molecule has 8 nitrogen and oxygen atoms in total. The predicted molar refractivity (Wildman–Crippen MR) is 363 cm³/mol. The smallest absolute Gasteiger partial charge is 0.164 e. The van der Waals surface area contributed by atoms with Crippen LogP contribution in [0.5, 0.6) is 0 Å². The number of aromatic nitrogens is 5. The number of nitrogens with zero attached hydrogens (tertiary/aromatic N) is 5. The Labute approximate surface area is 508 Å². The highest BCUT2D eigenvalue weighted by Crippen LogP contribution is 2.45. The van der Waals surface area contributed by atoms with Crippen molar-refractivity contribution in [2.24, 2.45) is 0 Å². The molecule has 0 N–H and O–H groups in total. The number of fused-ring (bicyclic) bond motifs is 15. The Balaban J connectivity index is 0.797. The number of hydrogen-bond acceptors (Lipinski definition) is 6. The van der Waals surface area contributed by atoms with Crippen LogP contribution in [0.25, 0.3) is 188 Å². The van der Waals surface area contributed by atoms with E-state index in [2.05, 4.69) is 258 Å². The SMILES string of the molecule is c1ccc(-n2c3ccccc3c3ccc(-c4cc(-c5ccc6oc7cccc(-c8nc(-c9cccc(-c%10ccc%11c(c%10)oc%10ccccc%10%11)c9)nc(-c9cccc(-n%10c%11ccccc%11c%11ccccc%11%10)c9)n8)c7c6c5)c5c(c4)oc4ccccc45)cc32)cc1. The van der Waals surface area contributed by atoms with Gasteiger partial charge < -0.3 is 22.4 Å². The van der Waals surface area contributed by atoms with Crippen molar-refractivity contribution in [3.05, 3.63) is 285 Å². The Morgan fingerprint density at radius 3 is 1.44 bits per heavy atom. The summed E-state index contributed by atoms with van der Waals surface area (Å²) in [5, 5.41) is 10.9. The van der Waals surface area contributed by atoms with Gasteiger partial charge in [0.25, 0.3) is 0 Å². The molecule has 414 valence electrons. The maximum Gasteiger partial charge on any atom is 0.164 e. The molecule has 89 heavy (non-hydrogen) atoms. The second-order valence-electron chi connectivity index (χ2n) is 23.0. The molecule has 0 aliphatic carbocycles. The van der Waals surface area contributed by atoms with E-state index in [1.165, 1.54) is 21.5 Å². The zero-order valence-electron chi connectivity index (χ0n) is 47.6. The minimum Gasteiger partial charge on any atom is -0.456 e. The summed E-state index contributed by atoms with van der Waals surface area (Å²) >= 11 is 0. The largest absolute Gasteiger partial charge is 0.456 e. The highest BCUT2D eigenvalue weighted by Gasteiger charge is 2.23. The average molecular weight is 1140 g/mol. The molecule has 0 aliphatic rings. The molecule has 0 bridgehead atoms. The number of hydrogen-bond donors (Lipinski definition) is 0. The van der Waals surface area contributed by atoms with E-state index in [0.29, 0.717) is 17.5 Å². The molecule has 19 rings (SSSR count). The fourth-order valence-electron chi connectivity index (χ4n) is 13.9. The van der Waals surface area contributed by atoms with Crippen LogP contribution in [0.4, 0.5) is 0 Å². The molecule has 0 spiro atoms. The van der Waals surface area contributed by atoms with E-state index >= 15 is 0 Å². The van der Waals surface area contributed by atoms with Crippen LogP contribution in [0.1, 0.15) is 0 Å². The van der Waals surface area contributed by atoms with Gasteiger partial charge in [0.2, 0.25) is 0 Å². The van der Waals surface area contributed by atoms with Crippen LogP contribution in [0.3, 0.4) is 0 Å². The van der Waals surface area contributed by atoms with Crippen LogP contribution in [-0.2, 0) is 0 Å². The highest BCUT2D eigenvalue weighted by atomic mass is 16.3. The van der Waals surface area contributed by atoms with Gasteiger partial charge in [0, 0.05) is 81.9 Å². The van der Waals surface area contributed by atoms with Crippen molar-refractivity contribution < 1.29 is 13.3 Å². The zero-order valence-corrected chi connectivity index (χ0v) is 47.6. The lowest BCUT2D eigenvalue weighted by molar-refractivity contribution is 0.668. The lowest BCUT2D eigenvalue weighted by Gasteiger charge is -2.12. The Morgan fingerprint density at radius 1 is 0.213 bits per heavy atom. The van der Waals surface area contributed by atoms with Crippen LogP contribution in [0.15, 0.2) is 298 Å². The third-order valence-corrected chi connectivity index (χ3v) is 18.0. The maximum atomic E-state index is 6.82. The van der Waals surface area contributed by atoms with E-state index in [9.17, 15) is 0 Å². The topological polar surface area (TPSA) is 88.0 Å². The van der Waals surface area contributed by atoms with Crippen molar-refractivity contribution in [2.45, 2.75) is 0 Å². The Kier molecular flexibility index (Phi) is 10.6. The number of rotatable bonds is 8. The van der Waals surface area contributed by atoms with Crippen LogP contribution >= 0.6 is 0 Å². The highest BCUT2D eigenvalue weighted by molar-refractivity contribution is 6.18. The van der Waals surface area contributed by atoms with Crippen LogP contribution in [0.2, 0.25) is 0 Å². The summed E-state index contributed by atoms with van der Waals surface area (Å²) in [7, 11) is 0. The fourth-order valence-corrected chi connectivity index (χ4v) is 13.9. The van der Waals surface area contributed by atoms with Crippen molar-refractivity contribution in [3.8, 4) is 78.9 Å². The standard InChI is InChI=1S/C81H47N5O3/c1-2-20-55(21-3-1)85-67-29-9-6-25-59(67)60-38-35-49(45-70(60)85)54-44-65(77-63-27-8-13-33-72(63)89-76(77)47-54)51-37-40-73-66(43-51)78-64(28-16-34-74(78)87-73)81-83-79(52-18-14-17-48(41-52)50-36-39-62-61-26-7-12-32-71(61)88-75(62)46-50)82-80(84-81)53-19-15-22-56(42-53)86-68-30-10-4-23-57(68)58-24-5-11-31-69(58)86/h1-47H. The van der Waals surface area contributed by atoms with E-state index in [-0.39, 0.29) is 0 Å². The minimum absolute atomic E-state index is 0.522. The van der Waals surface area contributed by atoms with E-state index < -0.39 is 0 Å². The molecule has 0 saturated carbocycles. The molecule has 8 heteroatoms. The van der Waals surface area contributed by atoms with Crippen LogP contribution in [-0.4, -0.2) is 24.1 Å². The van der Waals surface area contributed by atoms with Crippen molar-refractivity contribution >= 4 is 109 Å². The second-order valence-corrected chi connectivity index (χ2v) is 23.0. The normalized spacial score (nSPS) is 12.0. The van der Waals surface area contributed by atoms with E-state index in [1.807, 2.05) is 36.4 Å². The first-order chi connectivity index (χ1) is 44.1. The summed E-state index contributed by atoms with van der Waals surface area (Å²) in [4.78, 5) is 16.3. The Hall–Kier alpha value is -12.1. The van der Waals surface area contributed by atoms with Gasteiger partial charge in [-0.15, -0.1) is 0 Å². The lowest BCUT2D eigenvalue weighted by atomic mass is 9.93. The number of benzene rings is 13. The first-order valence-corrected chi connectivity index (χ1v) is 30.0. The van der Waals surface area contributed by atoms with Crippen molar-refractivity contribution in [2.75, 3.05) is 0 Å². The summed E-state index contributed by atoms with van der Waals surface area (Å²) in [5.74, 6) is 1.60. The molecule has 0 saturated heterocycles. The second kappa shape index (κ2) is 19.2. The summed E-state index contributed by atoms with van der Waals surface area (Å²) < 4.78 is 24.7. The van der Waals surface area contributed by atoms with Crippen molar-refractivity contribution in [3.63, 3.8) is 0 Å². The average Bonchev–Trinajstić information content (AvgIpc) is 2.02. The molecule has 0 fully saturated rings. The van der Waals surface area contributed by atoms with Gasteiger partial charge in [-0.05, 0) is 143 Å². The molecule has 0 unspecified atom stereocenters. The van der Waals surface area contributed by atoms with Gasteiger partial charge in [0.15, 0.2) is 17.5 Å². The summed E-state index contributed by atoms with van der Waals surface area (Å²) in [6.45, 7) is 0. The van der Waals surface area contributed by atoms with Gasteiger partial charge >= 0.3 is 0 Å². The third kappa shape index (κ3) is 7.70. The van der Waals surface area contributed by atoms with E-state index in [1.54, 1.807) is 0 Å². The fraction of sp³-hybridized carbons (Fsp3) is 0. The summed E-state index contributed by atoms with van der Waals surface area (Å²) in [6, 6.07) is 100. The first kappa shape index (κ1) is 49.2. The Bertz CT molecular complexity index is 6080. The number of para-hydroxylation sites is 6. The lowest BCUT2D eigenvalue weighted by Crippen LogP contribution is -2.01. The monoisotopic (exact) mass is 1140 g/mol. The molecule has 0 radical (unpaired) electrons. The van der Waals surface area contributed by atoms with Gasteiger partial charge in [0.05, 0.1) is 22.1 Å².